The number of phenolic OH excluding ortho intramolecular Hbond substituents is 1. The first-order chi connectivity index (χ1) is 25.9. The van der Waals surface area contributed by atoms with Gasteiger partial charge in [0.05, 0.1) is 30.3 Å². The molecule has 3 rings (SSSR count). The van der Waals surface area contributed by atoms with Crippen molar-refractivity contribution in [2.75, 3.05) is 6.54 Å². The number of Topliss-reactive ketones (excluding diaryl/α,β-unsaturated/α-hetero) is 1. The van der Waals surface area contributed by atoms with Crippen LogP contribution in [0.4, 0.5) is 0 Å². The summed E-state index contributed by atoms with van der Waals surface area (Å²) in [5, 5.41) is 59.5. The number of hydrogen-bond acceptors (Lipinski definition) is 12. The van der Waals surface area contributed by atoms with Crippen LogP contribution in [0.5, 0.6) is 5.75 Å². The number of amides is 3. The zero-order valence-corrected chi connectivity index (χ0v) is 32.4. The first-order valence-electron chi connectivity index (χ1n) is 18.8. The summed E-state index contributed by atoms with van der Waals surface area (Å²) in [6.45, 7) is 9.48. The SMILES string of the molecule is CC(=O)CC[C@H]1C(=O)N[C@@H](C(C)C)C(=O)NC(c2cccc(O)c2)C(=O)N2CCCC(N2)C(=O)O[C@H](/C(C)=C/C(O)C(C)O)C/C=C/C=C/[C@H](O)[C@H](C)[C@H]1O. The molecule has 0 aliphatic carbocycles. The number of aromatic hydroxyl groups is 1. The summed E-state index contributed by atoms with van der Waals surface area (Å²) in [4.78, 5) is 67.7. The van der Waals surface area contributed by atoms with Gasteiger partial charge in [0.2, 0.25) is 11.8 Å². The Morgan fingerprint density at radius 2 is 1.75 bits per heavy atom. The van der Waals surface area contributed by atoms with Crippen LogP contribution in [0.25, 0.3) is 0 Å². The average Bonchev–Trinajstić information content (AvgIpc) is 3.13. The highest BCUT2D eigenvalue weighted by molar-refractivity contribution is 5.93. The number of ketones is 1. The number of hydrogen-bond donors (Lipinski definition) is 8. The van der Waals surface area contributed by atoms with Gasteiger partial charge in [-0.1, -0.05) is 63.3 Å². The minimum absolute atomic E-state index is 0.0408. The number of carbonyl (C=O) groups is 5. The van der Waals surface area contributed by atoms with Gasteiger partial charge in [-0.3, -0.25) is 24.2 Å². The average molecular weight is 771 g/mol. The van der Waals surface area contributed by atoms with E-state index in [9.17, 15) is 49.5 Å². The minimum atomic E-state index is -1.44. The van der Waals surface area contributed by atoms with Crippen molar-refractivity contribution in [3.05, 3.63) is 65.8 Å². The van der Waals surface area contributed by atoms with Crippen molar-refractivity contribution in [1.82, 2.24) is 21.1 Å². The first kappa shape index (κ1) is 45.0. The van der Waals surface area contributed by atoms with E-state index in [4.69, 9.17) is 4.74 Å². The van der Waals surface area contributed by atoms with E-state index in [1.807, 2.05) is 0 Å². The molecule has 0 radical (unpaired) electrons. The van der Waals surface area contributed by atoms with Crippen molar-refractivity contribution in [3.8, 4) is 5.75 Å². The van der Waals surface area contributed by atoms with Crippen LogP contribution in [0.3, 0.4) is 0 Å². The number of hydrazine groups is 1. The van der Waals surface area contributed by atoms with E-state index in [0.717, 1.165) is 0 Å². The summed E-state index contributed by atoms with van der Waals surface area (Å²) in [6.07, 6.45) is 2.44. The number of cyclic esters (lactones) is 1. The van der Waals surface area contributed by atoms with Crippen molar-refractivity contribution < 1.29 is 54.2 Å². The zero-order valence-electron chi connectivity index (χ0n) is 32.4. The molecule has 8 N–H and O–H groups in total. The Kier molecular flexibility index (Phi) is 17.2. The monoisotopic (exact) mass is 770 g/mol. The number of nitrogens with zero attached hydrogens (tertiary/aromatic N) is 1. The standard InChI is InChI=1S/C40H58N4O11/c1-22(2)34-38(52)42-35(27-12-10-13-28(47)21-27)39(53)44-19-11-14-30(43-44)40(54)55-33(23(3)20-32(49)26(6)46)16-9-7-8-15-31(48)25(5)36(50)29(37(51)41-34)18-17-24(4)45/h7-10,12-13,15,20-22,25-26,29-36,43,46-50H,11,14,16-19H2,1-6H3,(H,41,51)(H,42,52)/b9-7+,15-8+,23-20+/t25-,26?,29+,30?,31-,32?,33-,34-,35?,36+/m0/s1. The lowest BCUT2D eigenvalue weighted by atomic mass is 9.84. The molecule has 0 aromatic heterocycles. The zero-order chi connectivity index (χ0) is 41.0. The molecular formula is C40H58N4O11. The Hall–Kier alpha value is -4.41. The summed E-state index contributed by atoms with van der Waals surface area (Å²) in [6, 6.07) is 2.18. The van der Waals surface area contributed by atoms with E-state index in [1.54, 1.807) is 39.8 Å². The van der Waals surface area contributed by atoms with Crippen molar-refractivity contribution in [2.45, 2.75) is 122 Å². The number of allylic oxidation sites excluding steroid dienone is 2. The second kappa shape index (κ2) is 21.0. The molecule has 10 atom stereocenters. The Balaban J connectivity index is 2.10. The lowest BCUT2D eigenvalue weighted by Crippen LogP contribution is -2.59. The van der Waals surface area contributed by atoms with Crippen LogP contribution in [0.1, 0.15) is 85.3 Å². The van der Waals surface area contributed by atoms with E-state index < -0.39 is 90.1 Å². The number of ether oxygens (including phenoxy) is 1. The molecule has 2 aliphatic rings. The third-order valence-corrected chi connectivity index (χ3v) is 9.95. The molecule has 3 amide bonds. The summed E-state index contributed by atoms with van der Waals surface area (Å²) >= 11 is 0. The maximum absolute atomic E-state index is 14.2. The van der Waals surface area contributed by atoms with Crippen molar-refractivity contribution in [2.24, 2.45) is 17.8 Å². The van der Waals surface area contributed by atoms with Gasteiger partial charge in [0, 0.05) is 25.3 Å². The number of aliphatic hydroxyl groups excluding tert-OH is 4. The third kappa shape index (κ3) is 13.1. The number of nitrogens with one attached hydrogen (secondary N) is 3. The van der Waals surface area contributed by atoms with E-state index in [-0.39, 0.29) is 42.9 Å². The molecular weight excluding hydrogens is 712 g/mol. The Morgan fingerprint density at radius 3 is 2.38 bits per heavy atom. The lowest BCUT2D eigenvalue weighted by molar-refractivity contribution is -0.156. The number of benzene rings is 1. The van der Waals surface area contributed by atoms with Crippen LogP contribution in [-0.4, -0.2) is 109 Å². The van der Waals surface area contributed by atoms with Crippen molar-refractivity contribution in [1.29, 1.82) is 0 Å². The normalized spacial score (nSPS) is 30.5. The molecule has 0 spiro atoms. The molecule has 4 unspecified atom stereocenters. The number of esters is 1. The second-order valence-electron chi connectivity index (χ2n) is 14.9. The van der Waals surface area contributed by atoms with Gasteiger partial charge in [-0.05, 0) is 69.2 Å². The molecule has 1 fully saturated rings. The van der Waals surface area contributed by atoms with Gasteiger partial charge < -0.3 is 45.7 Å². The summed E-state index contributed by atoms with van der Waals surface area (Å²) in [5.74, 6) is -5.80. The molecule has 0 saturated carbocycles. The van der Waals surface area contributed by atoms with E-state index in [1.165, 1.54) is 61.3 Å². The van der Waals surface area contributed by atoms with Crippen LogP contribution in [0.15, 0.2) is 60.2 Å². The largest absolute Gasteiger partial charge is 0.508 e. The molecule has 2 aliphatic heterocycles. The molecule has 1 aromatic rings. The fourth-order valence-corrected chi connectivity index (χ4v) is 6.37. The minimum Gasteiger partial charge on any atom is -0.508 e. The Bertz CT molecular complexity index is 1590. The van der Waals surface area contributed by atoms with Crippen molar-refractivity contribution in [3.63, 3.8) is 0 Å². The molecule has 15 heteroatoms. The predicted molar refractivity (Wildman–Crippen MR) is 202 cm³/mol. The third-order valence-electron chi connectivity index (χ3n) is 9.95. The molecule has 1 saturated heterocycles. The number of phenols is 1. The van der Waals surface area contributed by atoms with E-state index >= 15 is 0 Å². The van der Waals surface area contributed by atoms with Crippen molar-refractivity contribution >= 4 is 29.5 Å². The molecule has 1 aromatic carbocycles. The summed E-state index contributed by atoms with van der Waals surface area (Å²) in [7, 11) is 0. The quantitative estimate of drug-likeness (QED) is 0.139. The number of rotatable bonds is 8. The smallest absolute Gasteiger partial charge is 0.325 e. The van der Waals surface area contributed by atoms with Crippen LogP contribution in [0.2, 0.25) is 0 Å². The van der Waals surface area contributed by atoms with Crippen LogP contribution in [-0.2, 0) is 28.7 Å². The van der Waals surface area contributed by atoms with Crippen LogP contribution >= 0.6 is 0 Å². The number of aliphatic hydroxyl groups is 4. The topological polar surface area (TPSA) is 235 Å². The summed E-state index contributed by atoms with van der Waals surface area (Å²) < 4.78 is 5.90. The fourth-order valence-electron chi connectivity index (χ4n) is 6.37. The van der Waals surface area contributed by atoms with Crippen LogP contribution in [0, 0.1) is 17.8 Å². The van der Waals surface area contributed by atoms with Gasteiger partial charge >= 0.3 is 5.97 Å². The fraction of sp³-hybridized carbons (Fsp3) is 0.575. The predicted octanol–water partition coefficient (Wildman–Crippen LogP) is 1.65. The van der Waals surface area contributed by atoms with E-state index in [0.29, 0.717) is 18.4 Å². The molecule has 304 valence electrons. The van der Waals surface area contributed by atoms with Gasteiger partial charge in [0.15, 0.2) is 0 Å². The van der Waals surface area contributed by atoms with E-state index in [2.05, 4.69) is 16.1 Å². The highest BCUT2D eigenvalue weighted by Crippen LogP contribution is 2.26. The molecule has 55 heavy (non-hydrogen) atoms. The number of fused-ring (bicyclic) bond motifs is 2. The Morgan fingerprint density at radius 1 is 1.04 bits per heavy atom. The first-order valence-corrected chi connectivity index (χ1v) is 18.8. The van der Waals surface area contributed by atoms with Gasteiger partial charge in [-0.2, -0.15) is 0 Å². The molecule has 2 heterocycles. The van der Waals surface area contributed by atoms with Crippen LogP contribution < -0.4 is 16.1 Å². The van der Waals surface area contributed by atoms with Gasteiger partial charge in [-0.25, -0.2) is 5.43 Å². The lowest BCUT2D eigenvalue weighted by Gasteiger charge is -2.36. The Labute approximate surface area is 322 Å². The second-order valence-corrected chi connectivity index (χ2v) is 14.9. The highest BCUT2D eigenvalue weighted by atomic mass is 16.5. The highest BCUT2D eigenvalue weighted by Gasteiger charge is 2.39. The maximum Gasteiger partial charge on any atom is 0.325 e. The summed E-state index contributed by atoms with van der Waals surface area (Å²) in [5.41, 5.74) is 3.60. The number of carbonyl (C=O) groups excluding carboxylic acids is 5. The van der Waals surface area contributed by atoms with Gasteiger partial charge in [0.1, 0.15) is 35.8 Å². The van der Waals surface area contributed by atoms with Gasteiger partial charge in [-0.15, -0.1) is 0 Å². The molecule has 15 nitrogen and oxygen atoms in total. The maximum atomic E-state index is 14.2. The molecule has 2 bridgehead atoms. The van der Waals surface area contributed by atoms with Gasteiger partial charge in [0.25, 0.3) is 5.91 Å².